The first-order valence-corrected chi connectivity index (χ1v) is 9.54. The van der Waals surface area contributed by atoms with Crippen molar-refractivity contribution in [2.24, 2.45) is 0 Å². The van der Waals surface area contributed by atoms with Gasteiger partial charge in [0.2, 0.25) is 0 Å². The van der Waals surface area contributed by atoms with Crippen molar-refractivity contribution in [1.82, 2.24) is 0 Å². The molecule has 0 saturated heterocycles. The molecule has 0 aliphatic rings. The summed E-state index contributed by atoms with van der Waals surface area (Å²) in [6, 6.07) is 13.2. The van der Waals surface area contributed by atoms with Crippen LogP contribution in [-0.2, 0) is 10.2 Å². The average Bonchev–Trinajstić information content (AvgIpc) is 2.58. The Morgan fingerprint density at radius 3 is 2.48 bits per heavy atom. The first kappa shape index (κ1) is 21.0. The minimum Gasteiger partial charge on any atom is -0.489 e. The highest BCUT2D eigenvalue weighted by atomic mass is 79.9. The lowest BCUT2D eigenvalue weighted by atomic mass is 9.87. The molecule has 144 valence electrons. The summed E-state index contributed by atoms with van der Waals surface area (Å²) in [6.45, 7) is 12.5. The second-order valence-corrected chi connectivity index (χ2v) is 8.36. The van der Waals surface area contributed by atoms with Crippen molar-refractivity contribution < 1.29 is 14.3 Å². The van der Waals surface area contributed by atoms with E-state index >= 15 is 0 Å². The monoisotopic (exact) mass is 431 g/mol. The van der Waals surface area contributed by atoms with Gasteiger partial charge in [-0.25, -0.2) is 0 Å². The number of carbonyl (C=O) groups excluding carboxylic acids is 1. The lowest BCUT2D eigenvalue weighted by Crippen LogP contribution is -2.20. The van der Waals surface area contributed by atoms with Crippen LogP contribution in [0.4, 0.5) is 5.69 Å². The Hall–Kier alpha value is -2.27. The molecule has 1 N–H and O–H groups in total. The highest BCUT2D eigenvalue weighted by Gasteiger charge is 2.15. The molecule has 2 aromatic carbocycles. The van der Waals surface area contributed by atoms with E-state index in [4.69, 9.17) is 9.47 Å². The predicted molar refractivity (Wildman–Crippen MR) is 114 cm³/mol. The Bertz CT molecular complexity index is 825. The van der Waals surface area contributed by atoms with Gasteiger partial charge >= 0.3 is 0 Å². The fourth-order valence-corrected chi connectivity index (χ4v) is 2.79. The van der Waals surface area contributed by atoms with Crippen molar-refractivity contribution in [3.05, 3.63) is 64.7 Å². The zero-order valence-electron chi connectivity index (χ0n) is 16.3. The second-order valence-electron chi connectivity index (χ2n) is 7.51. The molecule has 4 nitrogen and oxygen atoms in total. The summed E-state index contributed by atoms with van der Waals surface area (Å²) in [7, 11) is 0. The van der Waals surface area contributed by atoms with Gasteiger partial charge in [-0.3, -0.25) is 4.79 Å². The summed E-state index contributed by atoms with van der Waals surface area (Å²) >= 11 is 3.51. The molecule has 0 atom stereocenters. The molecule has 0 fully saturated rings. The molecule has 2 aromatic rings. The summed E-state index contributed by atoms with van der Waals surface area (Å²) < 4.78 is 12.1. The van der Waals surface area contributed by atoms with Crippen molar-refractivity contribution in [2.75, 3.05) is 18.5 Å². The largest absolute Gasteiger partial charge is 0.489 e. The van der Waals surface area contributed by atoms with E-state index in [0.717, 1.165) is 10.0 Å². The average molecular weight is 432 g/mol. The summed E-state index contributed by atoms with van der Waals surface area (Å²) in [6.07, 6.45) is 0. The molecule has 0 bridgehead atoms. The van der Waals surface area contributed by atoms with Crippen molar-refractivity contribution >= 4 is 27.5 Å². The van der Waals surface area contributed by atoms with Crippen LogP contribution in [0.15, 0.2) is 59.1 Å². The van der Waals surface area contributed by atoms with E-state index in [-0.39, 0.29) is 17.9 Å². The maximum atomic E-state index is 12.2. The quantitative estimate of drug-likeness (QED) is 0.570. The van der Waals surface area contributed by atoms with Gasteiger partial charge in [0.1, 0.15) is 18.1 Å². The molecule has 2 rings (SSSR count). The fraction of sp³-hybridized carbons (Fsp3) is 0.318. The molecule has 0 aliphatic carbocycles. The fourth-order valence-electron chi connectivity index (χ4n) is 2.29. The van der Waals surface area contributed by atoms with E-state index in [9.17, 15) is 4.79 Å². The number of carbonyl (C=O) groups is 1. The van der Waals surface area contributed by atoms with E-state index < -0.39 is 0 Å². The molecule has 5 heteroatoms. The molecular formula is C22H26BrNO3. The number of rotatable bonds is 7. The van der Waals surface area contributed by atoms with Gasteiger partial charge in [0.15, 0.2) is 6.61 Å². The molecule has 0 spiro atoms. The van der Waals surface area contributed by atoms with Gasteiger partial charge < -0.3 is 14.8 Å². The zero-order chi connectivity index (χ0) is 20.0. The van der Waals surface area contributed by atoms with E-state index in [0.29, 0.717) is 23.8 Å². The SMILES string of the molecule is C=C(C)COc1cccc(NC(=O)COc2ccc(C(C)(C)C)cc2Br)c1. The van der Waals surface area contributed by atoms with E-state index in [1.165, 1.54) is 5.56 Å². The van der Waals surface area contributed by atoms with E-state index in [1.54, 1.807) is 12.1 Å². The molecule has 0 aliphatic heterocycles. The molecule has 0 unspecified atom stereocenters. The Kier molecular flexibility index (Phi) is 7.08. The summed E-state index contributed by atoms with van der Waals surface area (Å²) in [5.74, 6) is 1.08. The van der Waals surface area contributed by atoms with Crippen LogP contribution in [0.1, 0.15) is 33.3 Å². The molecule has 27 heavy (non-hydrogen) atoms. The van der Waals surface area contributed by atoms with Crippen molar-refractivity contribution in [1.29, 1.82) is 0 Å². The van der Waals surface area contributed by atoms with Gasteiger partial charge in [-0.05, 0) is 63.7 Å². The number of hydrogen-bond acceptors (Lipinski definition) is 3. The number of nitrogens with one attached hydrogen (secondary N) is 1. The van der Waals surface area contributed by atoms with Crippen LogP contribution in [0, 0.1) is 0 Å². The normalized spacial score (nSPS) is 11.0. The molecule has 1 amide bonds. The van der Waals surface area contributed by atoms with Crippen LogP contribution in [0.2, 0.25) is 0 Å². The number of hydrogen-bond donors (Lipinski definition) is 1. The summed E-state index contributed by atoms with van der Waals surface area (Å²) in [5, 5.41) is 2.81. The molecule has 0 saturated carbocycles. The highest BCUT2D eigenvalue weighted by molar-refractivity contribution is 9.10. The smallest absolute Gasteiger partial charge is 0.262 e. The maximum Gasteiger partial charge on any atom is 0.262 e. The first-order valence-electron chi connectivity index (χ1n) is 8.75. The van der Waals surface area contributed by atoms with Crippen LogP contribution < -0.4 is 14.8 Å². The number of amides is 1. The van der Waals surface area contributed by atoms with Gasteiger partial charge in [-0.1, -0.05) is 39.5 Å². The Labute approximate surface area is 169 Å². The van der Waals surface area contributed by atoms with Gasteiger partial charge in [0.25, 0.3) is 5.91 Å². The molecule has 0 radical (unpaired) electrons. The third-order valence-corrected chi connectivity index (χ3v) is 4.38. The van der Waals surface area contributed by atoms with Gasteiger partial charge in [0.05, 0.1) is 4.47 Å². The van der Waals surface area contributed by atoms with Crippen LogP contribution in [-0.4, -0.2) is 19.1 Å². The van der Waals surface area contributed by atoms with Gasteiger partial charge in [0, 0.05) is 11.8 Å². The second kappa shape index (κ2) is 9.09. The molecule has 0 aromatic heterocycles. The van der Waals surface area contributed by atoms with Crippen LogP contribution >= 0.6 is 15.9 Å². The maximum absolute atomic E-state index is 12.2. The third kappa shape index (κ3) is 6.75. The number of ether oxygens (including phenoxy) is 2. The van der Waals surface area contributed by atoms with Crippen LogP contribution in [0.3, 0.4) is 0 Å². The lowest BCUT2D eigenvalue weighted by Gasteiger charge is -2.20. The van der Waals surface area contributed by atoms with E-state index in [2.05, 4.69) is 48.6 Å². The number of anilines is 1. The standard InChI is InChI=1S/C22H26BrNO3/c1-15(2)13-26-18-8-6-7-17(12-18)24-21(25)14-27-20-10-9-16(11-19(20)23)22(3,4)5/h6-12H,1,13-14H2,2-5H3,(H,24,25). The first-order chi connectivity index (χ1) is 12.6. The zero-order valence-corrected chi connectivity index (χ0v) is 17.9. The Morgan fingerprint density at radius 2 is 1.85 bits per heavy atom. The summed E-state index contributed by atoms with van der Waals surface area (Å²) in [4.78, 5) is 12.2. The topological polar surface area (TPSA) is 47.6 Å². The minimum absolute atomic E-state index is 0.0512. The van der Waals surface area contributed by atoms with Gasteiger partial charge in [-0.2, -0.15) is 0 Å². The number of benzene rings is 2. The van der Waals surface area contributed by atoms with Crippen molar-refractivity contribution in [3.63, 3.8) is 0 Å². The van der Waals surface area contributed by atoms with E-state index in [1.807, 2.05) is 37.3 Å². The van der Waals surface area contributed by atoms with Crippen LogP contribution in [0.5, 0.6) is 11.5 Å². The van der Waals surface area contributed by atoms with Gasteiger partial charge in [-0.15, -0.1) is 0 Å². The van der Waals surface area contributed by atoms with Crippen LogP contribution in [0.25, 0.3) is 0 Å². The van der Waals surface area contributed by atoms with Crippen molar-refractivity contribution in [2.45, 2.75) is 33.1 Å². The molecule has 0 heterocycles. The Morgan fingerprint density at radius 1 is 1.11 bits per heavy atom. The number of halogens is 1. The minimum atomic E-state index is -0.237. The lowest BCUT2D eigenvalue weighted by molar-refractivity contribution is -0.118. The summed E-state index contributed by atoms with van der Waals surface area (Å²) in [5.41, 5.74) is 2.83. The highest BCUT2D eigenvalue weighted by Crippen LogP contribution is 2.31. The third-order valence-electron chi connectivity index (χ3n) is 3.76. The Balaban J connectivity index is 1.93. The van der Waals surface area contributed by atoms with Crippen molar-refractivity contribution in [3.8, 4) is 11.5 Å². The molecular weight excluding hydrogens is 406 g/mol. The predicted octanol–water partition coefficient (Wildman–Crippen LogP) is 5.72.